The zero-order valence-corrected chi connectivity index (χ0v) is 21.6. The quantitative estimate of drug-likeness (QED) is 0.343. The van der Waals surface area contributed by atoms with E-state index in [-0.39, 0.29) is 30.7 Å². The summed E-state index contributed by atoms with van der Waals surface area (Å²) in [7, 11) is 0. The highest BCUT2D eigenvalue weighted by Gasteiger charge is 2.46. The van der Waals surface area contributed by atoms with Gasteiger partial charge >= 0.3 is 5.97 Å². The summed E-state index contributed by atoms with van der Waals surface area (Å²) in [4.78, 5) is 44.1. The first-order valence-corrected chi connectivity index (χ1v) is 13.3. The Balaban J connectivity index is 1.46. The van der Waals surface area contributed by atoms with Gasteiger partial charge in [-0.25, -0.2) is 14.2 Å². The second-order valence-corrected chi connectivity index (χ2v) is 11.0. The summed E-state index contributed by atoms with van der Waals surface area (Å²) >= 11 is 0. The van der Waals surface area contributed by atoms with Gasteiger partial charge in [0.2, 0.25) is 5.91 Å². The summed E-state index contributed by atoms with van der Waals surface area (Å²) in [6.45, 7) is 3.18. The van der Waals surface area contributed by atoms with E-state index in [1.165, 1.54) is 10.6 Å². The molecule has 0 saturated heterocycles. The second kappa shape index (κ2) is 8.19. The molecule has 4 heterocycles. The van der Waals surface area contributed by atoms with Crippen LogP contribution in [-0.4, -0.2) is 37.7 Å². The topological polar surface area (TPSA) is 131 Å². The maximum Gasteiger partial charge on any atom is 0.343 e. The molecule has 1 amide bonds. The predicted molar refractivity (Wildman–Crippen MR) is 137 cm³/mol. The first-order valence-electron chi connectivity index (χ1n) is 13.8. The van der Waals surface area contributed by atoms with Crippen molar-refractivity contribution < 1.29 is 30.3 Å². The summed E-state index contributed by atoms with van der Waals surface area (Å²) in [5, 5.41) is 25.3. The first kappa shape index (κ1) is 23.3. The number of cyclic esters (lactones) is 1. The van der Waals surface area contributed by atoms with Crippen molar-refractivity contribution in [3.05, 3.63) is 61.7 Å². The van der Waals surface area contributed by atoms with Gasteiger partial charge in [-0.2, -0.15) is 0 Å². The molecular weight excluding hydrogens is 505 g/mol. The van der Waals surface area contributed by atoms with Gasteiger partial charge in [-0.05, 0) is 67.7 Å². The van der Waals surface area contributed by atoms with Gasteiger partial charge in [0.25, 0.3) is 5.56 Å². The van der Waals surface area contributed by atoms with Crippen molar-refractivity contribution in [1.82, 2.24) is 14.9 Å². The van der Waals surface area contributed by atoms with E-state index in [1.54, 1.807) is 19.9 Å². The van der Waals surface area contributed by atoms with Gasteiger partial charge in [-0.3, -0.25) is 9.59 Å². The molecule has 0 bridgehead atoms. The molecule has 10 heteroatoms. The number of pyridine rings is 2. The summed E-state index contributed by atoms with van der Waals surface area (Å²) < 4.78 is 29.9. The monoisotopic (exact) mass is 534 g/mol. The van der Waals surface area contributed by atoms with E-state index < -0.39 is 46.9 Å². The molecule has 2 aliphatic heterocycles. The van der Waals surface area contributed by atoms with Crippen LogP contribution in [0.3, 0.4) is 0 Å². The molecule has 2 aliphatic carbocycles. The van der Waals surface area contributed by atoms with Crippen LogP contribution in [0.5, 0.6) is 0 Å². The smallest absolute Gasteiger partial charge is 0.343 e. The minimum absolute atomic E-state index is 0.00393. The number of carbonyl (C=O) groups is 2. The molecule has 0 radical (unpaired) electrons. The number of esters is 1. The summed E-state index contributed by atoms with van der Waals surface area (Å²) in [6, 6.07) is 2.33. The number of aromatic nitrogens is 2. The number of rotatable bonds is 4. The molecular formula is C29H28FN3O6. The number of aliphatic hydroxyl groups is 2. The SMILES string of the molecule is [2H]C(O)(C(=O)N[C@@H]1CCc2c(C)c(F)cc3nc4c(c1c23)Cn1c-4cc2c(c1=O)COC(=O)[C@]2(O)CC)C1CC1. The molecule has 39 heavy (non-hydrogen) atoms. The fraction of sp³-hybridized carbons (Fsp3) is 0.448. The average molecular weight is 535 g/mol. The molecule has 0 spiro atoms. The van der Waals surface area contributed by atoms with Crippen LogP contribution in [0.1, 0.15) is 73.4 Å². The number of ether oxygens (including phenoxy) is 1. The van der Waals surface area contributed by atoms with Crippen molar-refractivity contribution in [3.8, 4) is 11.4 Å². The Hall–Kier alpha value is -3.63. The second-order valence-electron chi connectivity index (χ2n) is 11.0. The third-order valence-corrected chi connectivity index (χ3v) is 8.88. The Morgan fingerprint density at radius 3 is 2.79 bits per heavy atom. The molecule has 7 rings (SSSR count). The number of amides is 1. The number of hydrogen-bond donors (Lipinski definition) is 3. The van der Waals surface area contributed by atoms with Crippen LogP contribution < -0.4 is 10.9 Å². The molecule has 1 fully saturated rings. The molecule has 202 valence electrons. The van der Waals surface area contributed by atoms with Crippen molar-refractivity contribution in [2.75, 3.05) is 0 Å². The van der Waals surface area contributed by atoms with Gasteiger partial charge in [-0.15, -0.1) is 0 Å². The van der Waals surface area contributed by atoms with Crippen LogP contribution in [0.15, 0.2) is 16.9 Å². The molecule has 9 nitrogen and oxygen atoms in total. The van der Waals surface area contributed by atoms with E-state index in [4.69, 9.17) is 11.1 Å². The lowest BCUT2D eigenvalue weighted by molar-refractivity contribution is -0.172. The van der Waals surface area contributed by atoms with E-state index in [0.717, 1.165) is 5.56 Å². The molecule has 4 aliphatic rings. The fourth-order valence-electron chi connectivity index (χ4n) is 6.47. The Morgan fingerprint density at radius 2 is 2.08 bits per heavy atom. The van der Waals surface area contributed by atoms with Gasteiger partial charge < -0.3 is 24.8 Å². The van der Waals surface area contributed by atoms with Crippen molar-refractivity contribution in [2.24, 2.45) is 5.92 Å². The molecule has 3 N–H and O–H groups in total. The summed E-state index contributed by atoms with van der Waals surface area (Å²) in [5.41, 5.74) is 1.71. The van der Waals surface area contributed by atoms with Gasteiger partial charge in [-0.1, -0.05) is 6.92 Å². The van der Waals surface area contributed by atoms with Crippen LogP contribution in [0.2, 0.25) is 0 Å². The summed E-state index contributed by atoms with van der Waals surface area (Å²) in [6.07, 6.45) is -0.160. The zero-order valence-electron chi connectivity index (χ0n) is 22.6. The van der Waals surface area contributed by atoms with E-state index in [0.29, 0.717) is 64.7 Å². The van der Waals surface area contributed by atoms with Gasteiger partial charge in [0.05, 0.1) is 36.4 Å². The lowest BCUT2D eigenvalue weighted by Gasteiger charge is -2.31. The molecule has 3 aromatic rings. The minimum Gasteiger partial charge on any atom is -0.458 e. The lowest BCUT2D eigenvalue weighted by atomic mass is 9.81. The Bertz CT molecular complexity index is 1750. The zero-order chi connectivity index (χ0) is 28.3. The highest BCUT2D eigenvalue weighted by atomic mass is 19.1. The highest BCUT2D eigenvalue weighted by molar-refractivity contribution is 5.94. The van der Waals surface area contributed by atoms with Crippen LogP contribution in [0, 0.1) is 18.7 Å². The third-order valence-electron chi connectivity index (χ3n) is 8.88. The van der Waals surface area contributed by atoms with Crippen molar-refractivity contribution >= 4 is 22.8 Å². The number of nitrogens with one attached hydrogen (secondary N) is 1. The molecule has 1 saturated carbocycles. The molecule has 2 aromatic heterocycles. The van der Waals surface area contributed by atoms with Crippen molar-refractivity contribution in [3.63, 3.8) is 0 Å². The van der Waals surface area contributed by atoms with Gasteiger partial charge in [0.15, 0.2) is 5.60 Å². The number of fused-ring (bicyclic) bond motifs is 5. The maximum atomic E-state index is 15.0. The average Bonchev–Trinajstić information content (AvgIpc) is 3.73. The number of hydrogen-bond acceptors (Lipinski definition) is 7. The highest BCUT2D eigenvalue weighted by Crippen LogP contribution is 2.46. The van der Waals surface area contributed by atoms with Crippen LogP contribution in [0.4, 0.5) is 4.39 Å². The lowest BCUT2D eigenvalue weighted by Crippen LogP contribution is -2.44. The Labute approximate surface area is 224 Å². The van der Waals surface area contributed by atoms with E-state index in [2.05, 4.69) is 5.32 Å². The number of nitrogens with zero attached hydrogens (tertiary/aromatic N) is 2. The normalized spacial score (nSPS) is 24.8. The number of aryl methyl sites for hydroxylation is 1. The van der Waals surface area contributed by atoms with E-state index in [1.807, 2.05) is 0 Å². The molecule has 3 atom stereocenters. The van der Waals surface area contributed by atoms with E-state index in [9.17, 15) is 24.6 Å². The van der Waals surface area contributed by atoms with Crippen LogP contribution >= 0.6 is 0 Å². The summed E-state index contributed by atoms with van der Waals surface area (Å²) in [5.74, 6) is -2.44. The van der Waals surface area contributed by atoms with Gasteiger partial charge in [0.1, 0.15) is 18.5 Å². The number of carbonyl (C=O) groups excluding carboxylic acids is 2. The van der Waals surface area contributed by atoms with Crippen molar-refractivity contribution in [2.45, 2.75) is 76.8 Å². The molecule has 1 aromatic carbocycles. The Morgan fingerprint density at radius 1 is 1.31 bits per heavy atom. The largest absolute Gasteiger partial charge is 0.458 e. The molecule has 1 unspecified atom stereocenters. The van der Waals surface area contributed by atoms with Gasteiger partial charge in [0, 0.05) is 22.6 Å². The number of halogens is 1. The van der Waals surface area contributed by atoms with Crippen molar-refractivity contribution in [1.29, 1.82) is 0 Å². The Kier molecular flexibility index (Phi) is 4.89. The third kappa shape index (κ3) is 3.31. The minimum atomic E-state index is -2.25. The predicted octanol–water partition coefficient (Wildman–Crippen LogP) is 2.40. The van der Waals surface area contributed by atoms with Crippen LogP contribution in [-0.2, 0) is 39.5 Å². The maximum absolute atomic E-state index is 15.0. The number of benzene rings is 1. The van der Waals surface area contributed by atoms with E-state index >= 15 is 4.39 Å². The standard InChI is InChI=1S/C29H28FN3O6/c1-3-29(38)17-8-21-24-15(10-33(21)27(36)16(17)11-39-28(29)37)23-19(32-26(35)25(34)13-4-5-13)7-6-14-12(2)18(30)9-20(31-24)22(14)23/h8-9,13,19,25,34,38H,3-7,10-11H2,1-2H3,(H,32,35)/t19-,25?,29+/m1/s1/i25D. The van der Waals surface area contributed by atoms with Crippen LogP contribution in [0.25, 0.3) is 22.3 Å². The fourth-order valence-corrected chi connectivity index (χ4v) is 6.47. The first-order chi connectivity index (χ1) is 19.0.